The van der Waals surface area contributed by atoms with E-state index >= 15 is 0 Å². The third kappa shape index (κ3) is 3.98. The van der Waals surface area contributed by atoms with Crippen LogP contribution in [0, 0.1) is 0 Å². The van der Waals surface area contributed by atoms with Crippen molar-refractivity contribution in [3.8, 4) is 11.3 Å². The van der Waals surface area contributed by atoms with Gasteiger partial charge in [0.25, 0.3) is 0 Å². The van der Waals surface area contributed by atoms with E-state index in [1.807, 2.05) is 0 Å². The van der Waals surface area contributed by atoms with E-state index in [1.54, 1.807) is 0 Å². The van der Waals surface area contributed by atoms with E-state index in [0.29, 0.717) is 6.04 Å². The summed E-state index contributed by atoms with van der Waals surface area (Å²) in [6.07, 6.45) is 1.14. The maximum Gasteiger partial charge on any atom is 0.134 e. The number of hydrogen-bond donors (Lipinski definition) is 1. The standard InChI is InChI=1S/C19H27NO/c1-6-19(4,5)16-9-7-15(8-10-16)18-12-11-17(21-18)13-20-14(2)3/h7-12,14,20H,6,13H2,1-5H3. The van der Waals surface area contributed by atoms with Gasteiger partial charge < -0.3 is 9.73 Å². The maximum atomic E-state index is 5.91. The van der Waals surface area contributed by atoms with E-state index < -0.39 is 0 Å². The number of rotatable bonds is 6. The first kappa shape index (κ1) is 15.8. The van der Waals surface area contributed by atoms with Crippen LogP contribution in [-0.2, 0) is 12.0 Å². The number of nitrogens with one attached hydrogen (secondary N) is 1. The van der Waals surface area contributed by atoms with E-state index in [4.69, 9.17) is 4.42 Å². The Hall–Kier alpha value is -1.54. The second kappa shape index (κ2) is 6.48. The highest BCUT2D eigenvalue weighted by Gasteiger charge is 2.17. The summed E-state index contributed by atoms with van der Waals surface area (Å²) in [6, 6.07) is 13.3. The van der Waals surface area contributed by atoms with Gasteiger partial charge in [-0.25, -0.2) is 0 Å². The van der Waals surface area contributed by atoms with Gasteiger partial charge >= 0.3 is 0 Å². The molecule has 1 aromatic carbocycles. The van der Waals surface area contributed by atoms with Crippen LogP contribution in [0.25, 0.3) is 11.3 Å². The number of benzene rings is 1. The molecular formula is C19H27NO. The molecule has 0 spiro atoms. The Morgan fingerprint density at radius 3 is 2.29 bits per heavy atom. The van der Waals surface area contributed by atoms with Crippen molar-refractivity contribution in [1.82, 2.24) is 5.32 Å². The summed E-state index contributed by atoms with van der Waals surface area (Å²) < 4.78 is 5.91. The second-order valence-electron chi connectivity index (χ2n) is 6.62. The average molecular weight is 285 g/mol. The van der Waals surface area contributed by atoms with Crippen LogP contribution in [0.2, 0.25) is 0 Å². The molecule has 0 bridgehead atoms. The van der Waals surface area contributed by atoms with Crippen molar-refractivity contribution in [3.05, 3.63) is 47.7 Å². The fourth-order valence-electron chi connectivity index (χ4n) is 2.22. The predicted molar refractivity (Wildman–Crippen MR) is 89.4 cm³/mol. The lowest BCUT2D eigenvalue weighted by Gasteiger charge is -2.23. The maximum absolute atomic E-state index is 5.91. The minimum Gasteiger partial charge on any atom is -0.460 e. The SMILES string of the molecule is CCC(C)(C)c1ccc(-c2ccc(CNC(C)C)o2)cc1. The molecule has 0 aliphatic carbocycles. The van der Waals surface area contributed by atoms with E-state index in [2.05, 4.69) is 76.3 Å². The lowest BCUT2D eigenvalue weighted by atomic mass is 9.82. The third-order valence-electron chi connectivity index (χ3n) is 4.18. The molecule has 0 radical (unpaired) electrons. The first-order valence-electron chi connectivity index (χ1n) is 7.85. The average Bonchev–Trinajstić information content (AvgIpc) is 2.94. The molecule has 1 heterocycles. The molecule has 2 nitrogen and oxygen atoms in total. The highest BCUT2D eigenvalue weighted by molar-refractivity contribution is 5.58. The second-order valence-corrected chi connectivity index (χ2v) is 6.62. The summed E-state index contributed by atoms with van der Waals surface area (Å²) in [5.74, 6) is 1.92. The molecule has 114 valence electrons. The minimum atomic E-state index is 0.230. The van der Waals surface area contributed by atoms with Crippen LogP contribution in [-0.4, -0.2) is 6.04 Å². The van der Waals surface area contributed by atoms with Crippen LogP contribution < -0.4 is 5.32 Å². The molecule has 2 heteroatoms. The van der Waals surface area contributed by atoms with Crippen molar-refractivity contribution >= 4 is 0 Å². The van der Waals surface area contributed by atoms with Gasteiger partial charge in [-0.3, -0.25) is 0 Å². The van der Waals surface area contributed by atoms with Crippen molar-refractivity contribution in [1.29, 1.82) is 0 Å². The van der Waals surface area contributed by atoms with E-state index in [0.717, 1.165) is 30.0 Å². The molecule has 2 rings (SSSR count). The highest BCUT2D eigenvalue weighted by atomic mass is 16.3. The summed E-state index contributed by atoms with van der Waals surface area (Å²) in [4.78, 5) is 0. The molecule has 0 fully saturated rings. The smallest absolute Gasteiger partial charge is 0.134 e. The quantitative estimate of drug-likeness (QED) is 0.795. The molecule has 1 N–H and O–H groups in total. The zero-order chi connectivity index (χ0) is 15.5. The van der Waals surface area contributed by atoms with Gasteiger partial charge in [-0.15, -0.1) is 0 Å². The van der Waals surface area contributed by atoms with Gasteiger partial charge in [-0.05, 0) is 29.5 Å². The molecule has 0 aliphatic heterocycles. The minimum absolute atomic E-state index is 0.230. The van der Waals surface area contributed by atoms with E-state index in [1.165, 1.54) is 5.56 Å². The number of furan rings is 1. The van der Waals surface area contributed by atoms with Gasteiger partial charge in [0.1, 0.15) is 11.5 Å². The Kier molecular flexibility index (Phi) is 4.89. The van der Waals surface area contributed by atoms with Crippen molar-refractivity contribution in [2.24, 2.45) is 0 Å². The largest absolute Gasteiger partial charge is 0.460 e. The predicted octanol–water partition coefficient (Wildman–Crippen LogP) is 5.13. The van der Waals surface area contributed by atoms with Crippen LogP contribution in [0.4, 0.5) is 0 Å². The van der Waals surface area contributed by atoms with Gasteiger partial charge in [0.05, 0.1) is 6.54 Å². The fraction of sp³-hybridized carbons (Fsp3) is 0.474. The summed E-state index contributed by atoms with van der Waals surface area (Å²) in [6.45, 7) is 11.8. The van der Waals surface area contributed by atoms with Gasteiger partial charge in [-0.2, -0.15) is 0 Å². The fourth-order valence-corrected chi connectivity index (χ4v) is 2.22. The highest BCUT2D eigenvalue weighted by Crippen LogP contribution is 2.29. The molecule has 0 amide bonds. The Morgan fingerprint density at radius 1 is 1.05 bits per heavy atom. The van der Waals surface area contributed by atoms with E-state index in [9.17, 15) is 0 Å². The van der Waals surface area contributed by atoms with Gasteiger partial charge in [0.15, 0.2) is 0 Å². The van der Waals surface area contributed by atoms with Crippen molar-refractivity contribution in [2.45, 2.75) is 59.0 Å². The van der Waals surface area contributed by atoms with E-state index in [-0.39, 0.29) is 5.41 Å². The zero-order valence-corrected chi connectivity index (χ0v) is 13.9. The molecule has 0 saturated heterocycles. The summed E-state index contributed by atoms with van der Waals surface area (Å²) in [5.41, 5.74) is 2.75. The summed E-state index contributed by atoms with van der Waals surface area (Å²) in [7, 11) is 0. The zero-order valence-electron chi connectivity index (χ0n) is 13.9. The molecule has 21 heavy (non-hydrogen) atoms. The lowest BCUT2D eigenvalue weighted by Crippen LogP contribution is -2.21. The van der Waals surface area contributed by atoms with Crippen LogP contribution >= 0.6 is 0 Å². The molecular weight excluding hydrogens is 258 g/mol. The first-order chi connectivity index (χ1) is 9.92. The van der Waals surface area contributed by atoms with Crippen molar-refractivity contribution in [3.63, 3.8) is 0 Å². The van der Waals surface area contributed by atoms with Crippen LogP contribution in [0.1, 0.15) is 52.4 Å². The van der Waals surface area contributed by atoms with Gasteiger partial charge in [0, 0.05) is 11.6 Å². The van der Waals surface area contributed by atoms with Crippen LogP contribution in [0.5, 0.6) is 0 Å². The molecule has 1 aromatic heterocycles. The molecule has 0 unspecified atom stereocenters. The Balaban J connectivity index is 2.12. The number of hydrogen-bond acceptors (Lipinski definition) is 2. The van der Waals surface area contributed by atoms with Crippen molar-refractivity contribution < 1.29 is 4.42 Å². The molecule has 0 atom stereocenters. The Bertz CT molecular complexity index is 564. The van der Waals surface area contributed by atoms with Crippen LogP contribution in [0.15, 0.2) is 40.8 Å². The van der Waals surface area contributed by atoms with Crippen LogP contribution in [0.3, 0.4) is 0 Å². The monoisotopic (exact) mass is 285 g/mol. The lowest BCUT2D eigenvalue weighted by molar-refractivity contribution is 0.473. The van der Waals surface area contributed by atoms with Gasteiger partial charge in [0.2, 0.25) is 0 Å². The van der Waals surface area contributed by atoms with Crippen molar-refractivity contribution in [2.75, 3.05) is 0 Å². The first-order valence-corrected chi connectivity index (χ1v) is 7.85. The van der Waals surface area contributed by atoms with Gasteiger partial charge in [-0.1, -0.05) is 58.9 Å². The Labute approximate surface area is 128 Å². The topological polar surface area (TPSA) is 25.2 Å². The summed E-state index contributed by atoms with van der Waals surface area (Å²) in [5, 5.41) is 3.37. The third-order valence-corrected chi connectivity index (χ3v) is 4.18. The molecule has 0 saturated carbocycles. The summed E-state index contributed by atoms with van der Waals surface area (Å²) >= 11 is 0. The molecule has 0 aliphatic rings. The Morgan fingerprint density at radius 2 is 1.71 bits per heavy atom. The normalized spacial score (nSPS) is 12.1. The molecule has 2 aromatic rings.